The standard InChI is InChI=1S/C39H38N2O4/c1-2-44-38(43)36(37(42)27-26-30-16-15-25-35(28-30)41-40-34-23-13-6-14-24-34)29-45-39(31-17-7-3-8-18-31,32-19-9-4-10-20-32)33-21-11-5-12-22-33/h3-25,28,36-37,42H,2,26-27,29H2,1H3/t36-,37-/m1/s1. The van der Waals surface area contributed by atoms with Crippen molar-refractivity contribution in [3.8, 4) is 0 Å². The number of azo groups is 1. The molecule has 5 aromatic carbocycles. The Balaban J connectivity index is 1.39. The Morgan fingerprint density at radius 1 is 0.689 bits per heavy atom. The topological polar surface area (TPSA) is 80.5 Å². The molecule has 0 amide bonds. The van der Waals surface area contributed by atoms with Crippen LogP contribution < -0.4 is 0 Å². The number of carbonyl (C=O) groups is 1. The van der Waals surface area contributed by atoms with Gasteiger partial charge in [0.05, 0.1) is 30.7 Å². The van der Waals surface area contributed by atoms with Gasteiger partial charge in [0.15, 0.2) is 0 Å². The molecule has 0 aliphatic rings. The third-order valence-electron chi connectivity index (χ3n) is 7.75. The first-order valence-electron chi connectivity index (χ1n) is 15.3. The minimum Gasteiger partial charge on any atom is -0.466 e. The Morgan fingerprint density at radius 2 is 1.18 bits per heavy atom. The van der Waals surface area contributed by atoms with Crippen LogP contribution in [0.15, 0.2) is 156 Å². The van der Waals surface area contributed by atoms with Gasteiger partial charge in [-0.2, -0.15) is 10.2 Å². The van der Waals surface area contributed by atoms with E-state index in [-0.39, 0.29) is 13.2 Å². The number of hydrogen-bond donors (Lipinski definition) is 1. The van der Waals surface area contributed by atoms with Crippen LogP contribution in [0.5, 0.6) is 0 Å². The lowest BCUT2D eigenvalue weighted by Crippen LogP contribution is -2.40. The second kappa shape index (κ2) is 15.7. The summed E-state index contributed by atoms with van der Waals surface area (Å²) in [5.74, 6) is -1.39. The van der Waals surface area contributed by atoms with E-state index in [1.165, 1.54) is 0 Å². The van der Waals surface area contributed by atoms with Crippen LogP contribution in [0.4, 0.5) is 11.4 Å². The third kappa shape index (κ3) is 7.98. The van der Waals surface area contributed by atoms with E-state index in [1.54, 1.807) is 6.92 Å². The molecule has 1 N–H and O–H groups in total. The predicted molar refractivity (Wildman–Crippen MR) is 177 cm³/mol. The van der Waals surface area contributed by atoms with Gasteiger partial charge in [-0.05, 0) is 66.3 Å². The second-order valence-corrected chi connectivity index (χ2v) is 10.8. The van der Waals surface area contributed by atoms with Crippen molar-refractivity contribution in [3.63, 3.8) is 0 Å². The van der Waals surface area contributed by atoms with Crippen molar-refractivity contribution >= 4 is 17.3 Å². The first-order chi connectivity index (χ1) is 22.1. The lowest BCUT2D eigenvalue weighted by molar-refractivity contribution is -0.157. The zero-order valence-electron chi connectivity index (χ0n) is 25.4. The van der Waals surface area contributed by atoms with Gasteiger partial charge in [0, 0.05) is 0 Å². The third-order valence-corrected chi connectivity index (χ3v) is 7.75. The summed E-state index contributed by atoms with van der Waals surface area (Å²) in [5, 5.41) is 20.1. The number of benzene rings is 5. The number of aliphatic hydroxyl groups is 1. The second-order valence-electron chi connectivity index (χ2n) is 10.8. The Bertz CT molecular complexity index is 1550. The molecule has 5 aromatic rings. The van der Waals surface area contributed by atoms with Crippen molar-refractivity contribution < 1.29 is 19.4 Å². The molecule has 0 fully saturated rings. The highest BCUT2D eigenvalue weighted by molar-refractivity contribution is 5.73. The number of hydrogen-bond acceptors (Lipinski definition) is 6. The summed E-state index contributed by atoms with van der Waals surface area (Å²) in [6, 6.07) is 47.2. The van der Waals surface area contributed by atoms with Gasteiger partial charge < -0.3 is 14.6 Å². The normalized spacial score (nSPS) is 12.9. The summed E-state index contributed by atoms with van der Waals surface area (Å²) < 4.78 is 12.3. The van der Waals surface area contributed by atoms with Gasteiger partial charge in [-0.1, -0.05) is 121 Å². The molecule has 0 aliphatic carbocycles. The van der Waals surface area contributed by atoms with Crippen molar-refractivity contribution in [3.05, 3.63) is 168 Å². The van der Waals surface area contributed by atoms with Gasteiger partial charge >= 0.3 is 5.97 Å². The van der Waals surface area contributed by atoms with E-state index in [9.17, 15) is 9.90 Å². The summed E-state index contributed by atoms with van der Waals surface area (Å²) in [6.07, 6.45) is -0.132. The highest BCUT2D eigenvalue weighted by Crippen LogP contribution is 2.41. The predicted octanol–water partition coefficient (Wildman–Crippen LogP) is 8.58. The number of esters is 1. The minimum absolute atomic E-state index is 0.0516. The van der Waals surface area contributed by atoms with E-state index in [1.807, 2.05) is 146 Å². The molecule has 0 aromatic heterocycles. The quantitative estimate of drug-likeness (QED) is 0.0789. The number of carbonyl (C=O) groups excluding carboxylic acids is 1. The van der Waals surface area contributed by atoms with Crippen LogP contribution in [0, 0.1) is 5.92 Å². The molecule has 0 radical (unpaired) electrons. The molecule has 2 atom stereocenters. The lowest BCUT2D eigenvalue weighted by Gasteiger charge is -2.37. The van der Waals surface area contributed by atoms with Gasteiger partial charge in [-0.3, -0.25) is 4.79 Å². The molecule has 6 nitrogen and oxygen atoms in total. The van der Waals surface area contributed by atoms with E-state index in [0.29, 0.717) is 12.8 Å². The maximum absolute atomic E-state index is 13.3. The van der Waals surface area contributed by atoms with E-state index < -0.39 is 23.6 Å². The average molecular weight is 599 g/mol. The maximum atomic E-state index is 13.3. The number of ether oxygens (including phenoxy) is 2. The Hall–Kier alpha value is -4.91. The summed E-state index contributed by atoms with van der Waals surface area (Å²) in [6.45, 7) is 1.92. The monoisotopic (exact) mass is 598 g/mol. The molecule has 0 bridgehead atoms. The van der Waals surface area contributed by atoms with Crippen LogP contribution in [0.1, 0.15) is 35.6 Å². The number of aliphatic hydroxyl groups excluding tert-OH is 1. The van der Waals surface area contributed by atoms with E-state index in [0.717, 1.165) is 33.6 Å². The summed E-state index contributed by atoms with van der Waals surface area (Å²) in [4.78, 5) is 13.3. The van der Waals surface area contributed by atoms with Gasteiger partial charge in [0.1, 0.15) is 11.5 Å². The summed E-state index contributed by atoms with van der Waals surface area (Å²) >= 11 is 0. The molecule has 6 heteroatoms. The molecular weight excluding hydrogens is 560 g/mol. The van der Waals surface area contributed by atoms with Gasteiger partial charge in [0.2, 0.25) is 0 Å². The molecule has 0 heterocycles. The number of aryl methyl sites for hydroxylation is 1. The van der Waals surface area contributed by atoms with E-state index in [2.05, 4.69) is 10.2 Å². The van der Waals surface area contributed by atoms with Crippen LogP contribution in [0.3, 0.4) is 0 Å². The Morgan fingerprint density at radius 3 is 1.71 bits per heavy atom. The van der Waals surface area contributed by atoms with Crippen molar-refractivity contribution in [2.75, 3.05) is 13.2 Å². The average Bonchev–Trinajstić information content (AvgIpc) is 3.10. The molecule has 5 rings (SSSR count). The fraction of sp³-hybridized carbons (Fsp3) is 0.205. The molecule has 0 spiro atoms. The SMILES string of the molecule is CCOC(=O)[C@H](COC(c1ccccc1)(c1ccccc1)c1ccccc1)[C@H](O)CCc1cccc(N=Nc2ccccc2)c1. The summed E-state index contributed by atoms with van der Waals surface area (Å²) in [7, 11) is 0. The molecule has 45 heavy (non-hydrogen) atoms. The zero-order chi connectivity index (χ0) is 31.3. The Labute approximate surface area is 265 Å². The van der Waals surface area contributed by atoms with E-state index >= 15 is 0 Å². The fourth-order valence-corrected chi connectivity index (χ4v) is 5.47. The van der Waals surface area contributed by atoms with Crippen LogP contribution in [-0.2, 0) is 26.3 Å². The number of rotatable bonds is 14. The van der Waals surface area contributed by atoms with Crippen molar-refractivity contribution in [2.24, 2.45) is 16.1 Å². The van der Waals surface area contributed by atoms with E-state index in [4.69, 9.17) is 9.47 Å². The van der Waals surface area contributed by atoms with Crippen LogP contribution in [0.2, 0.25) is 0 Å². The van der Waals surface area contributed by atoms with Crippen LogP contribution in [0.25, 0.3) is 0 Å². The van der Waals surface area contributed by atoms with Crippen molar-refractivity contribution in [1.29, 1.82) is 0 Å². The molecule has 0 aliphatic heterocycles. The first-order valence-corrected chi connectivity index (χ1v) is 15.3. The first kappa shape index (κ1) is 31.5. The molecule has 0 saturated heterocycles. The highest BCUT2D eigenvalue weighted by atomic mass is 16.5. The van der Waals surface area contributed by atoms with Crippen LogP contribution in [-0.4, -0.2) is 30.4 Å². The van der Waals surface area contributed by atoms with Crippen molar-refractivity contribution in [1.82, 2.24) is 0 Å². The number of nitrogens with zero attached hydrogens (tertiary/aromatic N) is 2. The Kier molecular flexibility index (Phi) is 11.0. The van der Waals surface area contributed by atoms with Gasteiger partial charge in [-0.25, -0.2) is 0 Å². The lowest BCUT2D eigenvalue weighted by atomic mass is 9.80. The zero-order valence-corrected chi connectivity index (χ0v) is 25.4. The van der Waals surface area contributed by atoms with Crippen LogP contribution >= 0.6 is 0 Å². The van der Waals surface area contributed by atoms with Gasteiger partial charge in [-0.15, -0.1) is 0 Å². The molecular formula is C39H38N2O4. The molecule has 228 valence electrons. The largest absolute Gasteiger partial charge is 0.466 e. The molecule has 0 unspecified atom stereocenters. The minimum atomic E-state index is -1.02. The fourth-order valence-electron chi connectivity index (χ4n) is 5.47. The van der Waals surface area contributed by atoms with Gasteiger partial charge in [0.25, 0.3) is 0 Å². The molecule has 0 saturated carbocycles. The smallest absolute Gasteiger partial charge is 0.313 e. The summed E-state index contributed by atoms with van der Waals surface area (Å²) in [5.41, 5.74) is 4.20. The highest BCUT2D eigenvalue weighted by Gasteiger charge is 2.40. The maximum Gasteiger partial charge on any atom is 0.313 e. The van der Waals surface area contributed by atoms with Crippen molar-refractivity contribution in [2.45, 2.75) is 31.5 Å².